The van der Waals surface area contributed by atoms with Gasteiger partial charge in [-0.1, -0.05) is 24.3 Å². The van der Waals surface area contributed by atoms with Gasteiger partial charge in [-0.05, 0) is 72.8 Å². The van der Waals surface area contributed by atoms with Crippen molar-refractivity contribution in [2.75, 3.05) is 44.4 Å². The largest absolute Gasteiger partial charge is 0.494 e. The third kappa shape index (κ3) is 4.80. The summed E-state index contributed by atoms with van der Waals surface area (Å²) in [7, 11) is 0. The Morgan fingerprint density at radius 1 is 0.854 bits per heavy atom. The first-order valence-electron chi connectivity index (χ1n) is 14.1. The van der Waals surface area contributed by atoms with Crippen molar-refractivity contribution < 1.29 is 19.1 Å². The molecule has 0 aliphatic carbocycles. The van der Waals surface area contributed by atoms with E-state index < -0.39 is 0 Å². The van der Waals surface area contributed by atoms with Gasteiger partial charge in [-0.25, -0.2) is 4.98 Å². The van der Waals surface area contributed by atoms with Gasteiger partial charge in [0.05, 0.1) is 30.9 Å². The molecule has 206 valence electrons. The van der Waals surface area contributed by atoms with Crippen molar-refractivity contribution in [2.24, 2.45) is 0 Å². The van der Waals surface area contributed by atoms with E-state index in [2.05, 4.69) is 28.1 Å². The van der Waals surface area contributed by atoms with Gasteiger partial charge in [0, 0.05) is 47.4 Å². The molecule has 1 aromatic heterocycles. The molecule has 5 aromatic rings. The number of carbonyl (C=O) groups excluding carboxylic acids is 2. The number of aromatic amines is 1. The topological polar surface area (TPSA) is 87.8 Å². The molecule has 8 nitrogen and oxygen atoms in total. The Balaban J connectivity index is 0.937. The molecular formula is C33H30N4O4. The average Bonchev–Trinajstić information content (AvgIpc) is 3.45. The van der Waals surface area contributed by atoms with Crippen LogP contribution in [0.2, 0.25) is 0 Å². The highest BCUT2D eigenvalue weighted by molar-refractivity contribution is 6.25. The lowest BCUT2D eigenvalue weighted by Gasteiger charge is -2.28. The second kappa shape index (κ2) is 10.7. The number of hydrogen-bond acceptors (Lipinski definition) is 6. The highest BCUT2D eigenvalue weighted by Gasteiger charge is 2.32. The fourth-order valence-electron chi connectivity index (χ4n) is 5.71. The van der Waals surface area contributed by atoms with Crippen molar-refractivity contribution in [2.45, 2.75) is 12.8 Å². The predicted molar refractivity (Wildman–Crippen MR) is 159 cm³/mol. The predicted octanol–water partition coefficient (Wildman–Crippen LogP) is 5.67. The number of aromatic nitrogens is 2. The highest BCUT2D eigenvalue weighted by Crippen LogP contribution is 2.30. The van der Waals surface area contributed by atoms with Crippen LogP contribution in [0.3, 0.4) is 0 Å². The first kappa shape index (κ1) is 25.3. The molecule has 1 N–H and O–H groups in total. The number of hydrogen-bond donors (Lipinski definition) is 1. The number of nitrogens with one attached hydrogen (secondary N) is 1. The molecule has 1 fully saturated rings. The molecule has 7 rings (SSSR count). The van der Waals surface area contributed by atoms with Crippen molar-refractivity contribution >= 4 is 39.3 Å². The van der Waals surface area contributed by atoms with Gasteiger partial charge >= 0.3 is 0 Å². The van der Waals surface area contributed by atoms with Crippen molar-refractivity contribution in [3.05, 3.63) is 90.0 Å². The van der Waals surface area contributed by atoms with Gasteiger partial charge in [0.15, 0.2) is 0 Å². The Kier molecular flexibility index (Phi) is 6.60. The molecule has 0 unspecified atom stereocenters. The second-order valence-electron chi connectivity index (χ2n) is 10.4. The lowest BCUT2D eigenvalue weighted by Crippen LogP contribution is -2.40. The minimum atomic E-state index is -0.223. The summed E-state index contributed by atoms with van der Waals surface area (Å²) in [6, 6.07) is 25.4. The number of nitrogens with zero attached hydrogens (tertiary/aromatic N) is 3. The van der Waals surface area contributed by atoms with Gasteiger partial charge in [-0.3, -0.25) is 14.5 Å². The normalized spacial score (nSPS) is 15.2. The molecule has 1 saturated heterocycles. The maximum atomic E-state index is 13.1. The van der Waals surface area contributed by atoms with E-state index in [0.29, 0.717) is 30.7 Å². The number of unbranched alkanes of at least 4 members (excludes halogenated alkanes) is 1. The van der Waals surface area contributed by atoms with Crippen LogP contribution >= 0.6 is 0 Å². The fraction of sp³-hybridized carbons (Fsp3) is 0.242. The van der Waals surface area contributed by atoms with E-state index in [1.54, 1.807) is 12.1 Å². The van der Waals surface area contributed by atoms with E-state index in [1.807, 2.05) is 48.5 Å². The van der Waals surface area contributed by atoms with E-state index in [9.17, 15) is 9.59 Å². The Morgan fingerprint density at radius 2 is 1.59 bits per heavy atom. The molecule has 0 atom stereocenters. The van der Waals surface area contributed by atoms with Crippen LogP contribution in [0.1, 0.15) is 33.6 Å². The lowest BCUT2D eigenvalue weighted by molar-refractivity contribution is 0.0606. The maximum absolute atomic E-state index is 13.1. The second-order valence-corrected chi connectivity index (χ2v) is 10.4. The first-order chi connectivity index (χ1) is 20.2. The quantitative estimate of drug-likeness (QED) is 0.199. The van der Waals surface area contributed by atoms with Crippen molar-refractivity contribution in [1.29, 1.82) is 0 Å². The van der Waals surface area contributed by atoms with Crippen LogP contribution < -0.4 is 9.64 Å². The average molecular weight is 547 g/mol. The smallest absolute Gasteiger partial charge is 0.261 e. The Bertz CT molecular complexity index is 1700. The molecule has 2 aliphatic heterocycles. The molecule has 8 heteroatoms. The Hall–Kier alpha value is -4.69. The van der Waals surface area contributed by atoms with Crippen LogP contribution in [0, 0.1) is 0 Å². The molecular weight excluding hydrogens is 516 g/mol. The lowest BCUT2D eigenvalue weighted by atomic mass is 9.94. The molecule has 41 heavy (non-hydrogen) atoms. The van der Waals surface area contributed by atoms with Crippen molar-refractivity contribution in [3.63, 3.8) is 0 Å². The zero-order valence-corrected chi connectivity index (χ0v) is 22.6. The fourth-order valence-corrected chi connectivity index (χ4v) is 5.71. The molecule has 0 saturated carbocycles. The van der Waals surface area contributed by atoms with E-state index in [1.165, 1.54) is 10.6 Å². The first-order valence-corrected chi connectivity index (χ1v) is 14.1. The van der Waals surface area contributed by atoms with Crippen LogP contribution in [0.5, 0.6) is 5.75 Å². The SMILES string of the molecule is O=C1c2cccc3cccc(c23)C(=O)N1CCCCOc1ccc(-c2nc3ccc(N4CCOCC4)cc3[nH]2)cc1. The number of anilines is 1. The number of imide groups is 1. The number of benzene rings is 4. The van der Waals surface area contributed by atoms with Crippen LogP contribution in [-0.2, 0) is 4.74 Å². The van der Waals surface area contributed by atoms with Gasteiger partial charge in [-0.15, -0.1) is 0 Å². The van der Waals surface area contributed by atoms with E-state index >= 15 is 0 Å². The molecule has 0 spiro atoms. The van der Waals surface area contributed by atoms with Gasteiger partial charge in [0.2, 0.25) is 0 Å². The summed E-state index contributed by atoms with van der Waals surface area (Å²) in [6.07, 6.45) is 1.39. The summed E-state index contributed by atoms with van der Waals surface area (Å²) in [5.74, 6) is 1.14. The molecule has 2 amide bonds. The van der Waals surface area contributed by atoms with Crippen LogP contribution in [-0.4, -0.2) is 66.1 Å². The van der Waals surface area contributed by atoms with Crippen molar-refractivity contribution in [3.8, 4) is 17.1 Å². The van der Waals surface area contributed by atoms with Gasteiger partial charge < -0.3 is 19.4 Å². The molecule has 3 heterocycles. The summed E-state index contributed by atoms with van der Waals surface area (Å²) >= 11 is 0. The highest BCUT2D eigenvalue weighted by atomic mass is 16.5. The number of morpholine rings is 1. The van der Waals surface area contributed by atoms with Gasteiger partial charge in [-0.2, -0.15) is 0 Å². The summed E-state index contributed by atoms with van der Waals surface area (Å²) in [5, 5.41) is 1.67. The standard InChI is InChI=1S/C33H30N4O4/c38-32-26-7-3-5-22-6-4-8-27(30(22)26)33(39)37(32)15-1-2-18-41-25-12-9-23(10-13-25)31-34-28-14-11-24(21-29(28)35-31)36-16-19-40-20-17-36/h3-14,21H,1-2,15-20H2,(H,34,35). The van der Waals surface area contributed by atoms with E-state index in [0.717, 1.165) is 71.7 Å². The van der Waals surface area contributed by atoms with Gasteiger partial charge in [0.25, 0.3) is 11.8 Å². The molecule has 2 aliphatic rings. The van der Waals surface area contributed by atoms with Crippen LogP contribution in [0.4, 0.5) is 5.69 Å². The minimum absolute atomic E-state index is 0.223. The van der Waals surface area contributed by atoms with Gasteiger partial charge in [0.1, 0.15) is 11.6 Å². The molecule has 0 bridgehead atoms. The third-order valence-corrected chi connectivity index (χ3v) is 7.87. The minimum Gasteiger partial charge on any atom is -0.494 e. The molecule has 0 radical (unpaired) electrons. The van der Waals surface area contributed by atoms with Crippen LogP contribution in [0.25, 0.3) is 33.2 Å². The number of H-pyrrole nitrogens is 1. The number of fused-ring (bicyclic) bond motifs is 1. The molecule has 4 aromatic carbocycles. The Labute approximate surface area is 237 Å². The summed E-state index contributed by atoms with van der Waals surface area (Å²) in [4.78, 5) is 38.0. The van der Waals surface area contributed by atoms with E-state index in [-0.39, 0.29) is 11.8 Å². The third-order valence-electron chi connectivity index (χ3n) is 7.87. The zero-order chi connectivity index (χ0) is 27.8. The number of carbonyl (C=O) groups is 2. The zero-order valence-electron chi connectivity index (χ0n) is 22.6. The maximum Gasteiger partial charge on any atom is 0.261 e. The number of imidazole rings is 1. The number of rotatable bonds is 8. The van der Waals surface area contributed by atoms with E-state index in [4.69, 9.17) is 14.5 Å². The number of amides is 2. The monoisotopic (exact) mass is 546 g/mol. The van der Waals surface area contributed by atoms with Crippen LogP contribution in [0.15, 0.2) is 78.9 Å². The summed E-state index contributed by atoms with van der Waals surface area (Å²) in [6.45, 7) is 4.16. The summed E-state index contributed by atoms with van der Waals surface area (Å²) in [5.41, 5.74) is 5.29. The summed E-state index contributed by atoms with van der Waals surface area (Å²) < 4.78 is 11.4. The Morgan fingerprint density at radius 3 is 2.32 bits per heavy atom. The number of ether oxygens (including phenoxy) is 2. The van der Waals surface area contributed by atoms with Crippen molar-refractivity contribution in [1.82, 2.24) is 14.9 Å².